The molecule has 0 spiro atoms. The van der Waals surface area contributed by atoms with E-state index in [1.807, 2.05) is 0 Å². The molecule has 0 radical (unpaired) electrons. The third-order valence-corrected chi connectivity index (χ3v) is 5.48. The van der Waals surface area contributed by atoms with Gasteiger partial charge in [-0.3, -0.25) is 5.43 Å². The highest BCUT2D eigenvalue weighted by molar-refractivity contribution is 8.13. The summed E-state index contributed by atoms with van der Waals surface area (Å²) >= 11 is 6.77. The zero-order chi connectivity index (χ0) is 19.3. The van der Waals surface area contributed by atoms with Crippen LogP contribution in [0.5, 0.6) is 0 Å². The number of nitrogens with zero attached hydrogens (tertiary/aromatic N) is 2. The SMILES string of the molecule is CSC(=NS(=O)(=O)c1c(C)noc1C)NNC(=O)Nc1ccc(Cl)cc1. The molecule has 12 heteroatoms. The lowest BCUT2D eigenvalue weighted by Gasteiger charge is -2.10. The second kappa shape index (κ2) is 8.43. The zero-order valence-corrected chi connectivity index (χ0v) is 16.4. The summed E-state index contributed by atoms with van der Waals surface area (Å²) in [6, 6.07) is 5.87. The number of carbonyl (C=O) groups is 1. The smallest absolute Gasteiger partial charge is 0.337 e. The van der Waals surface area contributed by atoms with Crippen molar-refractivity contribution < 1.29 is 17.7 Å². The van der Waals surface area contributed by atoms with E-state index in [9.17, 15) is 13.2 Å². The lowest BCUT2D eigenvalue weighted by Crippen LogP contribution is -2.43. The molecule has 1 heterocycles. The number of amides is 2. The van der Waals surface area contributed by atoms with Crippen molar-refractivity contribution in [1.29, 1.82) is 0 Å². The average Bonchev–Trinajstić information content (AvgIpc) is 2.93. The number of carbonyl (C=O) groups excluding carboxylic acids is 1. The van der Waals surface area contributed by atoms with Crippen LogP contribution in [0.3, 0.4) is 0 Å². The number of aromatic nitrogens is 1. The number of rotatable bonds is 3. The molecule has 0 unspecified atom stereocenters. The molecule has 0 aliphatic carbocycles. The van der Waals surface area contributed by atoms with Crippen molar-refractivity contribution in [2.45, 2.75) is 18.7 Å². The van der Waals surface area contributed by atoms with Crippen molar-refractivity contribution in [2.24, 2.45) is 4.40 Å². The Labute approximate surface area is 159 Å². The minimum Gasteiger partial charge on any atom is -0.360 e. The summed E-state index contributed by atoms with van der Waals surface area (Å²) in [5, 5.41) is 6.66. The van der Waals surface area contributed by atoms with Gasteiger partial charge in [-0.15, -0.1) is 4.40 Å². The van der Waals surface area contributed by atoms with Gasteiger partial charge in [0.25, 0.3) is 10.0 Å². The van der Waals surface area contributed by atoms with Crippen LogP contribution in [0.15, 0.2) is 38.1 Å². The van der Waals surface area contributed by atoms with Gasteiger partial charge in [-0.1, -0.05) is 28.5 Å². The molecule has 2 rings (SSSR count). The number of amidine groups is 1. The van der Waals surface area contributed by atoms with Crippen LogP contribution in [-0.2, 0) is 10.0 Å². The number of urea groups is 1. The highest BCUT2D eigenvalue weighted by Gasteiger charge is 2.24. The predicted molar refractivity (Wildman–Crippen MR) is 101 cm³/mol. The average molecular weight is 418 g/mol. The Morgan fingerprint density at radius 1 is 1.23 bits per heavy atom. The van der Waals surface area contributed by atoms with Crippen LogP contribution in [0.1, 0.15) is 11.5 Å². The maximum absolute atomic E-state index is 12.4. The standard InChI is InChI=1S/C14H16ClN5O4S2/c1-8-12(9(2)24-19-8)26(22,23)20-14(25-3)18-17-13(21)16-11-6-4-10(15)5-7-11/h4-7H,1-3H3,(H,18,20)(H2,16,17,21). The Kier molecular flexibility index (Phi) is 6.51. The summed E-state index contributed by atoms with van der Waals surface area (Å²) in [7, 11) is -4.04. The molecule has 0 aliphatic heterocycles. The van der Waals surface area contributed by atoms with Crippen LogP contribution in [0.2, 0.25) is 5.02 Å². The molecule has 2 amide bonds. The number of thioether (sulfide) groups is 1. The van der Waals surface area contributed by atoms with Crippen LogP contribution in [0.4, 0.5) is 10.5 Å². The van der Waals surface area contributed by atoms with E-state index in [0.717, 1.165) is 11.8 Å². The molecule has 9 nitrogen and oxygen atoms in total. The highest BCUT2D eigenvalue weighted by atomic mass is 35.5. The number of hydrazine groups is 1. The first kappa shape index (κ1) is 20.1. The summed E-state index contributed by atoms with van der Waals surface area (Å²) < 4.78 is 33.3. The van der Waals surface area contributed by atoms with Crippen molar-refractivity contribution >= 4 is 50.3 Å². The van der Waals surface area contributed by atoms with E-state index >= 15 is 0 Å². The van der Waals surface area contributed by atoms with Gasteiger partial charge in [-0.2, -0.15) is 8.42 Å². The van der Waals surface area contributed by atoms with Crippen molar-refractivity contribution in [2.75, 3.05) is 11.6 Å². The van der Waals surface area contributed by atoms with Crippen molar-refractivity contribution in [3.63, 3.8) is 0 Å². The Bertz CT molecular complexity index is 906. The molecule has 26 heavy (non-hydrogen) atoms. The van der Waals surface area contributed by atoms with Crippen molar-refractivity contribution in [3.05, 3.63) is 40.7 Å². The molecule has 0 atom stereocenters. The largest absolute Gasteiger partial charge is 0.360 e. The van der Waals surface area contributed by atoms with Gasteiger partial charge in [0.05, 0.1) is 0 Å². The fourth-order valence-electron chi connectivity index (χ4n) is 1.91. The quantitative estimate of drug-likeness (QED) is 0.398. The summed E-state index contributed by atoms with van der Waals surface area (Å²) in [6.45, 7) is 2.98. The minimum absolute atomic E-state index is 0.0312. The first-order chi connectivity index (χ1) is 12.2. The fourth-order valence-corrected chi connectivity index (χ4v) is 3.95. The van der Waals surface area contributed by atoms with Gasteiger partial charge in [-0.25, -0.2) is 10.2 Å². The molecule has 3 N–H and O–H groups in total. The molecular weight excluding hydrogens is 402 g/mol. The topological polar surface area (TPSA) is 126 Å². The number of benzene rings is 1. The molecule has 0 fully saturated rings. The second-order valence-corrected chi connectivity index (χ2v) is 7.71. The lowest BCUT2D eigenvalue weighted by atomic mass is 10.3. The third kappa shape index (κ3) is 5.13. The summed E-state index contributed by atoms with van der Waals surface area (Å²) in [6.07, 6.45) is 1.60. The number of hydrogen-bond donors (Lipinski definition) is 3. The van der Waals surface area contributed by atoms with Gasteiger partial charge in [0.2, 0.25) is 0 Å². The van der Waals surface area contributed by atoms with Crippen LogP contribution in [-0.4, -0.2) is 31.0 Å². The van der Waals surface area contributed by atoms with E-state index in [1.165, 1.54) is 13.8 Å². The second-order valence-electron chi connectivity index (χ2n) is 4.94. The van der Waals surface area contributed by atoms with Gasteiger partial charge in [0, 0.05) is 10.7 Å². The maximum atomic E-state index is 12.4. The highest BCUT2D eigenvalue weighted by Crippen LogP contribution is 2.21. The van der Waals surface area contributed by atoms with Crippen LogP contribution < -0.4 is 16.2 Å². The Balaban J connectivity index is 2.05. The third-order valence-electron chi connectivity index (χ3n) is 3.01. The first-order valence-electron chi connectivity index (χ1n) is 7.13. The maximum Gasteiger partial charge on any atom is 0.337 e. The minimum atomic E-state index is -4.04. The van der Waals surface area contributed by atoms with Crippen LogP contribution in [0.25, 0.3) is 0 Å². The van der Waals surface area contributed by atoms with Crippen molar-refractivity contribution in [3.8, 4) is 0 Å². The van der Waals surface area contributed by atoms with Gasteiger partial charge in [0.1, 0.15) is 5.69 Å². The van der Waals surface area contributed by atoms with Gasteiger partial charge >= 0.3 is 6.03 Å². The molecule has 0 saturated heterocycles. The molecule has 140 valence electrons. The monoisotopic (exact) mass is 417 g/mol. The van der Waals surface area contributed by atoms with E-state index in [1.54, 1.807) is 30.5 Å². The molecule has 1 aromatic heterocycles. The Morgan fingerprint density at radius 3 is 2.42 bits per heavy atom. The van der Waals surface area contributed by atoms with Gasteiger partial charge in [0.15, 0.2) is 15.8 Å². The normalized spacial score (nSPS) is 11.9. The molecule has 0 aliphatic rings. The Hall–Kier alpha value is -2.24. The van der Waals surface area contributed by atoms with Gasteiger partial charge < -0.3 is 9.84 Å². The predicted octanol–water partition coefficient (Wildman–Crippen LogP) is 2.68. The summed E-state index contributed by atoms with van der Waals surface area (Å²) in [5.41, 5.74) is 5.48. The van der Waals surface area contributed by atoms with Gasteiger partial charge in [-0.05, 0) is 44.4 Å². The molecular formula is C14H16ClN5O4S2. The summed E-state index contributed by atoms with van der Waals surface area (Å²) in [5.74, 6) is 0.139. The number of aryl methyl sites for hydroxylation is 2. The van der Waals surface area contributed by atoms with Crippen molar-refractivity contribution in [1.82, 2.24) is 16.0 Å². The number of anilines is 1. The molecule has 2 aromatic rings. The molecule has 1 aromatic carbocycles. The number of halogens is 1. The number of hydrogen-bond acceptors (Lipinski definition) is 6. The zero-order valence-electron chi connectivity index (χ0n) is 14.0. The van der Waals surface area contributed by atoms with E-state index in [-0.39, 0.29) is 21.5 Å². The Morgan fingerprint density at radius 2 is 1.88 bits per heavy atom. The fraction of sp³-hybridized carbons (Fsp3) is 0.214. The number of nitrogens with one attached hydrogen (secondary N) is 3. The number of sulfonamides is 1. The molecule has 0 saturated carbocycles. The molecule has 0 bridgehead atoms. The van der Waals surface area contributed by atoms with Crippen LogP contribution >= 0.6 is 23.4 Å². The van der Waals surface area contributed by atoms with E-state index in [4.69, 9.17) is 16.1 Å². The van der Waals surface area contributed by atoms with E-state index in [0.29, 0.717) is 10.7 Å². The first-order valence-corrected chi connectivity index (χ1v) is 10.2. The summed E-state index contributed by atoms with van der Waals surface area (Å²) in [4.78, 5) is 11.8. The lowest BCUT2D eigenvalue weighted by molar-refractivity contribution is 0.250. The van der Waals surface area contributed by atoms with E-state index in [2.05, 4.69) is 25.7 Å². The van der Waals surface area contributed by atoms with E-state index < -0.39 is 16.1 Å². The van der Waals surface area contributed by atoms with Crippen LogP contribution in [0, 0.1) is 13.8 Å².